The summed E-state index contributed by atoms with van der Waals surface area (Å²) in [4.78, 5) is 12.4. The third-order valence-electron chi connectivity index (χ3n) is 3.29. The number of benzene rings is 2. The van der Waals surface area contributed by atoms with E-state index in [1.807, 2.05) is 26.0 Å². The summed E-state index contributed by atoms with van der Waals surface area (Å²) in [6, 6.07) is 14.0. The summed E-state index contributed by atoms with van der Waals surface area (Å²) >= 11 is 12.3. The van der Waals surface area contributed by atoms with Crippen LogP contribution in [0.1, 0.15) is 19.4 Å². The van der Waals surface area contributed by atoms with Crippen LogP contribution in [0.15, 0.2) is 48.0 Å². The summed E-state index contributed by atoms with van der Waals surface area (Å²) in [5, 5.41) is 12.8. The number of hydrogen-bond donors (Lipinski definition) is 1. The molecule has 0 spiro atoms. The van der Waals surface area contributed by atoms with Crippen LogP contribution in [-0.4, -0.2) is 12.5 Å². The van der Waals surface area contributed by atoms with Gasteiger partial charge < -0.3 is 10.1 Å². The van der Waals surface area contributed by atoms with E-state index in [2.05, 4.69) is 5.32 Å². The van der Waals surface area contributed by atoms with Crippen LogP contribution in [0.5, 0.6) is 5.75 Å². The van der Waals surface area contributed by atoms with Crippen LogP contribution in [0, 0.1) is 17.2 Å². The zero-order valence-electron chi connectivity index (χ0n) is 14.4. The zero-order valence-corrected chi connectivity index (χ0v) is 15.9. The van der Waals surface area contributed by atoms with Gasteiger partial charge in [-0.05, 0) is 36.3 Å². The van der Waals surface area contributed by atoms with E-state index in [0.29, 0.717) is 33.7 Å². The Morgan fingerprint density at radius 2 is 1.96 bits per heavy atom. The van der Waals surface area contributed by atoms with E-state index in [0.717, 1.165) is 0 Å². The highest BCUT2D eigenvalue weighted by Crippen LogP contribution is 2.34. The molecule has 0 bridgehead atoms. The van der Waals surface area contributed by atoms with E-state index in [1.54, 1.807) is 36.4 Å². The largest absolute Gasteiger partial charge is 0.491 e. The predicted octanol–water partition coefficient (Wildman–Crippen LogP) is 5.57. The van der Waals surface area contributed by atoms with Gasteiger partial charge in [-0.2, -0.15) is 5.26 Å². The number of carbonyl (C=O) groups is 1. The number of rotatable bonds is 6. The van der Waals surface area contributed by atoms with Crippen molar-refractivity contribution in [2.45, 2.75) is 13.8 Å². The van der Waals surface area contributed by atoms with E-state index < -0.39 is 5.91 Å². The van der Waals surface area contributed by atoms with Gasteiger partial charge in [-0.1, -0.05) is 55.2 Å². The Morgan fingerprint density at radius 3 is 2.58 bits per heavy atom. The normalized spacial score (nSPS) is 11.2. The number of nitrogens with zero attached hydrogens (tertiary/aromatic N) is 1. The molecule has 0 saturated heterocycles. The highest BCUT2D eigenvalue weighted by molar-refractivity contribution is 6.36. The molecule has 0 radical (unpaired) electrons. The second-order valence-corrected chi connectivity index (χ2v) is 6.84. The maximum absolute atomic E-state index is 12.4. The topological polar surface area (TPSA) is 62.1 Å². The lowest BCUT2D eigenvalue weighted by molar-refractivity contribution is -0.112. The second kappa shape index (κ2) is 9.28. The Kier molecular flexibility index (Phi) is 7.08. The second-order valence-electron chi connectivity index (χ2n) is 6.00. The van der Waals surface area contributed by atoms with Crippen LogP contribution < -0.4 is 10.1 Å². The molecule has 1 N–H and O–H groups in total. The maximum atomic E-state index is 12.4. The van der Waals surface area contributed by atoms with Crippen molar-refractivity contribution in [3.63, 3.8) is 0 Å². The van der Waals surface area contributed by atoms with Gasteiger partial charge >= 0.3 is 0 Å². The summed E-state index contributed by atoms with van der Waals surface area (Å²) in [6.45, 7) is 4.46. The number of halogens is 2. The van der Waals surface area contributed by atoms with Crippen molar-refractivity contribution in [2.75, 3.05) is 11.9 Å². The molecule has 6 heteroatoms. The van der Waals surface area contributed by atoms with Gasteiger partial charge in [0.05, 0.1) is 11.6 Å². The molecule has 0 fully saturated rings. The van der Waals surface area contributed by atoms with Crippen LogP contribution in [0.3, 0.4) is 0 Å². The van der Waals surface area contributed by atoms with E-state index >= 15 is 0 Å². The van der Waals surface area contributed by atoms with Gasteiger partial charge in [-0.3, -0.25) is 4.79 Å². The fourth-order valence-electron chi connectivity index (χ4n) is 2.11. The summed E-state index contributed by atoms with van der Waals surface area (Å²) in [5.41, 5.74) is 0.989. The standard InChI is InChI=1S/C20H18Cl2N2O2/c1-13(2)12-26-19-14(9-16(21)10-18(19)22)8-15(11-23)20(25)24-17-6-4-3-5-7-17/h3-10,13H,12H2,1-2H3,(H,24,25)/b15-8+. The molecule has 1 amide bonds. The molecule has 0 atom stereocenters. The molecular weight excluding hydrogens is 371 g/mol. The van der Waals surface area contributed by atoms with Crippen LogP contribution in [0.4, 0.5) is 5.69 Å². The fraction of sp³-hybridized carbons (Fsp3) is 0.200. The molecule has 0 aliphatic heterocycles. The SMILES string of the molecule is CC(C)COc1c(Cl)cc(Cl)cc1/C=C(\C#N)C(=O)Nc1ccccc1. The van der Waals surface area contributed by atoms with Crippen LogP contribution >= 0.6 is 23.2 Å². The molecule has 2 aromatic rings. The first-order chi connectivity index (χ1) is 12.4. The maximum Gasteiger partial charge on any atom is 0.266 e. The van der Waals surface area contributed by atoms with Crippen LogP contribution in [-0.2, 0) is 4.79 Å². The van der Waals surface area contributed by atoms with E-state index in [9.17, 15) is 10.1 Å². The van der Waals surface area contributed by atoms with Crippen molar-refractivity contribution in [1.29, 1.82) is 5.26 Å². The van der Waals surface area contributed by atoms with Crippen molar-refractivity contribution in [1.82, 2.24) is 0 Å². The lowest BCUT2D eigenvalue weighted by atomic mass is 10.1. The monoisotopic (exact) mass is 388 g/mol. The summed E-state index contributed by atoms with van der Waals surface area (Å²) in [7, 11) is 0. The van der Waals surface area contributed by atoms with Crippen molar-refractivity contribution in [3.8, 4) is 11.8 Å². The number of ether oxygens (including phenoxy) is 1. The molecule has 0 saturated carbocycles. The molecule has 26 heavy (non-hydrogen) atoms. The van der Waals surface area contributed by atoms with Crippen molar-refractivity contribution in [2.24, 2.45) is 5.92 Å². The number of para-hydroxylation sites is 1. The molecule has 4 nitrogen and oxygen atoms in total. The minimum atomic E-state index is -0.524. The molecule has 0 aliphatic rings. The highest BCUT2D eigenvalue weighted by Gasteiger charge is 2.15. The molecule has 0 aliphatic carbocycles. The van der Waals surface area contributed by atoms with Gasteiger partial charge in [0.25, 0.3) is 5.91 Å². The van der Waals surface area contributed by atoms with Gasteiger partial charge in [-0.15, -0.1) is 0 Å². The number of hydrogen-bond acceptors (Lipinski definition) is 3. The summed E-state index contributed by atoms with van der Waals surface area (Å²) < 4.78 is 5.75. The smallest absolute Gasteiger partial charge is 0.266 e. The molecule has 2 rings (SSSR count). The molecule has 0 aromatic heterocycles. The van der Waals surface area contributed by atoms with Gasteiger partial charge in [0, 0.05) is 16.3 Å². The average molecular weight is 389 g/mol. The predicted molar refractivity (Wildman–Crippen MR) is 105 cm³/mol. The first-order valence-electron chi connectivity index (χ1n) is 8.00. The van der Waals surface area contributed by atoms with Gasteiger partial charge in [-0.25, -0.2) is 0 Å². The quantitative estimate of drug-likeness (QED) is 0.519. The minimum absolute atomic E-state index is 0.0819. The first kappa shape index (κ1) is 19.8. The van der Waals surface area contributed by atoms with Crippen molar-refractivity contribution >= 4 is 40.9 Å². The third-order valence-corrected chi connectivity index (χ3v) is 3.79. The number of nitrogens with one attached hydrogen (secondary N) is 1. The number of carbonyl (C=O) groups excluding carboxylic acids is 1. The molecule has 0 unspecified atom stereocenters. The highest BCUT2D eigenvalue weighted by atomic mass is 35.5. The number of amides is 1. The Morgan fingerprint density at radius 1 is 1.27 bits per heavy atom. The molecule has 2 aromatic carbocycles. The number of anilines is 1. The van der Waals surface area contributed by atoms with E-state index in [-0.39, 0.29) is 11.5 Å². The average Bonchev–Trinajstić information content (AvgIpc) is 2.59. The summed E-state index contributed by atoms with van der Waals surface area (Å²) in [6.07, 6.45) is 1.42. The Bertz CT molecular complexity index is 856. The molecular formula is C20H18Cl2N2O2. The minimum Gasteiger partial charge on any atom is -0.491 e. The van der Waals surface area contributed by atoms with Gasteiger partial charge in [0.15, 0.2) is 0 Å². The Balaban J connectivity index is 2.35. The van der Waals surface area contributed by atoms with Crippen molar-refractivity contribution in [3.05, 3.63) is 63.6 Å². The molecule has 0 heterocycles. The van der Waals surface area contributed by atoms with Crippen LogP contribution in [0.25, 0.3) is 6.08 Å². The van der Waals surface area contributed by atoms with E-state index in [4.69, 9.17) is 27.9 Å². The Labute approximate surface area is 163 Å². The lowest BCUT2D eigenvalue weighted by Gasteiger charge is -2.14. The fourth-order valence-corrected chi connectivity index (χ4v) is 2.68. The third kappa shape index (κ3) is 5.52. The van der Waals surface area contributed by atoms with E-state index in [1.165, 1.54) is 6.08 Å². The molecule has 134 valence electrons. The Hall–Kier alpha value is -2.48. The van der Waals surface area contributed by atoms with Crippen molar-refractivity contribution < 1.29 is 9.53 Å². The summed E-state index contributed by atoms with van der Waals surface area (Å²) in [5.74, 6) is 0.157. The number of nitriles is 1. The lowest BCUT2D eigenvalue weighted by Crippen LogP contribution is -2.13. The zero-order chi connectivity index (χ0) is 19.1. The first-order valence-corrected chi connectivity index (χ1v) is 8.76. The van der Waals surface area contributed by atoms with Crippen LogP contribution in [0.2, 0.25) is 10.0 Å². The van der Waals surface area contributed by atoms with Gasteiger partial charge in [0.1, 0.15) is 17.4 Å². The van der Waals surface area contributed by atoms with Gasteiger partial charge in [0.2, 0.25) is 0 Å².